The van der Waals surface area contributed by atoms with E-state index in [2.05, 4.69) is 16.1 Å². The first-order valence-corrected chi connectivity index (χ1v) is 9.63. The first-order chi connectivity index (χ1) is 10.9. The molecule has 2 rings (SSSR count). The van der Waals surface area contributed by atoms with Gasteiger partial charge in [-0.2, -0.15) is 10.4 Å². The molecule has 1 aromatic rings. The first-order valence-electron chi connectivity index (χ1n) is 8.02. The smallest absolute Gasteiger partial charge is 0.213 e. The summed E-state index contributed by atoms with van der Waals surface area (Å²) >= 11 is 0. The fourth-order valence-corrected chi connectivity index (χ4v) is 4.24. The molecule has 0 spiro atoms. The molecular formula is C15H25N5O2S. The van der Waals surface area contributed by atoms with Crippen LogP contribution in [0.1, 0.15) is 37.9 Å². The molecule has 0 unspecified atom stereocenters. The largest absolute Gasteiger partial charge is 0.356 e. The number of piperidine rings is 1. The Morgan fingerprint density at radius 3 is 2.43 bits per heavy atom. The van der Waals surface area contributed by atoms with E-state index in [4.69, 9.17) is 0 Å². The standard InChI is InChI=1S/C15H25N5O2S/c1-5-14-13(11-16)15(18(3)17-14)20-9-7-12(8-10-20)19(4)23(21,22)6-2/h12H,5-10H2,1-4H3. The SMILES string of the molecule is CCc1nn(C)c(N2CCC(N(C)S(=O)(=O)CC)CC2)c1C#N. The van der Waals surface area contributed by atoms with E-state index in [1.165, 1.54) is 4.31 Å². The van der Waals surface area contributed by atoms with Crippen LogP contribution in [-0.4, -0.2) is 54.4 Å². The number of sulfonamides is 1. The van der Waals surface area contributed by atoms with Crippen molar-refractivity contribution in [1.82, 2.24) is 14.1 Å². The lowest BCUT2D eigenvalue weighted by Crippen LogP contribution is -2.46. The van der Waals surface area contributed by atoms with Gasteiger partial charge < -0.3 is 4.90 Å². The minimum atomic E-state index is -3.16. The predicted molar refractivity (Wildman–Crippen MR) is 89.8 cm³/mol. The molecule has 0 aromatic carbocycles. The Balaban J connectivity index is 2.15. The number of anilines is 1. The topological polar surface area (TPSA) is 82.2 Å². The second-order valence-electron chi connectivity index (χ2n) is 5.87. The number of hydrogen-bond acceptors (Lipinski definition) is 5. The van der Waals surface area contributed by atoms with E-state index < -0.39 is 10.0 Å². The zero-order valence-electron chi connectivity index (χ0n) is 14.3. The van der Waals surface area contributed by atoms with Gasteiger partial charge in [0.05, 0.1) is 11.4 Å². The molecular weight excluding hydrogens is 314 g/mol. The van der Waals surface area contributed by atoms with Crippen LogP contribution in [0.4, 0.5) is 5.82 Å². The third kappa shape index (κ3) is 3.35. The highest BCUT2D eigenvalue weighted by Crippen LogP contribution is 2.27. The van der Waals surface area contributed by atoms with Crippen LogP contribution in [0, 0.1) is 11.3 Å². The third-order valence-corrected chi connectivity index (χ3v) is 6.52. The minimum Gasteiger partial charge on any atom is -0.356 e. The minimum absolute atomic E-state index is 0.0283. The van der Waals surface area contributed by atoms with Crippen LogP contribution in [0.15, 0.2) is 0 Å². The van der Waals surface area contributed by atoms with Crippen molar-refractivity contribution in [1.29, 1.82) is 5.26 Å². The lowest BCUT2D eigenvalue weighted by Gasteiger charge is -2.37. The van der Waals surface area contributed by atoms with Gasteiger partial charge in [-0.15, -0.1) is 0 Å². The maximum absolute atomic E-state index is 12.0. The molecule has 1 aliphatic heterocycles. The van der Waals surface area contributed by atoms with Crippen LogP contribution in [0.5, 0.6) is 0 Å². The normalized spacial score (nSPS) is 16.8. The maximum atomic E-state index is 12.0. The van der Waals surface area contributed by atoms with Crippen molar-refractivity contribution in [3.05, 3.63) is 11.3 Å². The highest BCUT2D eigenvalue weighted by Gasteiger charge is 2.30. The maximum Gasteiger partial charge on any atom is 0.213 e. The molecule has 0 atom stereocenters. The van der Waals surface area contributed by atoms with Crippen molar-refractivity contribution in [2.45, 2.75) is 39.2 Å². The van der Waals surface area contributed by atoms with Crippen LogP contribution in [0.3, 0.4) is 0 Å². The number of hydrogen-bond donors (Lipinski definition) is 0. The summed E-state index contributed by atoms with van der Waals surface area (Å²) in [5.41, 5.74) is 1.46. The number of aromatic nitrogens is 2. The lowest BCUT2D eigenvalue weighted by atomic mass is 10.0. The molecule has 1 aromatic heterocycles. The van der Waals surface area contributed by atoms with E-state index in [9.17, 15) is 13.7 Å². The monoisotopic (exact) mass is 339 g/mol. The fourth-order valence-electron chi connectivity index (χ4n) is 3.17. The zero-order chi connectivity index (χ0) is 17.2. The Morgan fingerprint density at radius 1 is 1.35 bits per heavy atom. The van der Waals surface area contributed by atoms with E-state index >= 15 is 0 Å². The van der Waals surface area contributed by atoms with Crippen LogP contribution >= 0.6 is 0 Å². The Kier molecular flexibility index (Phi) is 5.32. The van der Waals surface area contributed by atoms with Gasteiger partial charge in [0, 0.05) is 33.2 Å². The fraction of sp³-hybridized carbons (Fsp3) is 0.733. The van der Waals surface area contributed by atoms with Crippen molar-refractivity contribution in [3.63, 3.8) is 0 Å². The molecule has 0 aliphatic carbocycles. The molecule has 128 valence electrons. The summed E-state index contributed by atoms with van der Waals surface area (Å²) in [6.45, 7) is 5.11. The van der Waals surface area contributed by atoms with Crippen molar-refractivity contribution in [3.8, 4) is 6.07 Å². The molecule has 1 saturated heterocycles. The molecule has 23 heavy (non-hydrogen) atoms. The van der Waals surface area contributed by atoms with Gasteiger partial charge in [-0.1, -0.05) is 6.92 Å². The third-order valence-electron chi connectivity index (χ3n) is 4.62. The molecule has 0 N–H and O–H groups in total. The summed E-state index contributed by atoms with van der Waals surface area (Å²) in [5.74, 6) is 0.980. The van der Waals surface area contributed by atoms with Gasteiger partial charge in [-0.25, -0.2) is 12.7 Å². The summed E-state index contributed by atoms with van der Waals surface area (Å²) in [6.07, 6.45) is 2.24. The Morgan fingerprint density at radius 2 is 1.96 bits per heavy atom. The molecule has 0 amide bonds. The molecule has 8 heteroatoms. The number of aryl methyl sites for hydroxylation is 2. The summed E-state index contributed by atoms with van der Waals surface area (Å²) in [5, 5.41) is 13.9. The molecule has 1 aliphatic rings. The number of nitriles is 1. The first kappa shape index (κ1) is 17.8. The molecule has 0 bridgehead atoms. The van der Waals surface area contributed by atoms with Crippen molar-refractivity contribution >= 4 is 15.8 Å². The van der Waals surface area contributed by atoms with Gasteiger partial charge in [-0.05, 0) is 26.2 Å². The molecule has 7 nitrogen and oxygen atoms in total. The van der Waals surface area contributed by atoms with Crippen molar-refractivity contribution < 1.29 is 8.42 Å². The van der Waals surface area contributed by atoms with E-state index in [1.54, 1.807) is 18.7 Å². The van der Waals surface area contributed by atoms with E-state index in [-0.39, 0.29) is 11.8 Å². The van der Waals surface area contributed by atoms with Crippen molar-refractivity contribution in [2.75, 3.05) is 30.8 Å². The summed E-state index contributed by atoms with van der Waals surface area (Å²) in [4.78, 5) is 2.15. The van der Waals surface area contributed by atoms with Crippen LogP contribution in [0.2, 0.25) is 0 Å². The number of rotatable bonds is 5. The summed E-state index contributed by atoms with van der Waals surface area (Å²) in [6, 6.07) is 2.30. The van der Waals surface area contributed by atoms with Gasteiger partial charge in [0.1, 0.15) is 17.5 Å². The van der Waals surface area contributed by atoms with Gasteiger partial charge in [0.15, 0.2) is 0 Å². The Bertz CT molecular complexity index is 696. The zero-order valence-corrected chi connectivity index (χ0v) is 15.1. The highest BCUT2D eigenvalue weighted by atomic mass is 32.2. The summed E-state index contributed by atoms with van der Waals surface area (Å²) in [7, 11) is 0.366. The Labute approximate surface area is 138 Å². The average Bonchev–Trinajstić information content (AvgIpc) is 2.89. The second kappa shape index (κ2) is 6.89. The average molecular weight is 339 g/mol. The molecule has 0 saturated carbocycles. The van der Waals surface area contributed by atoms with Gasteiger partial charge in [0.2, 0.25) is 10.0 Å². The predicted octanol–water partition coefficient (Wildman–Crippen LogP) is 1.10. The number of nitrogens with zero attached hydrogens (tertiary/aromatic N) is 5. The lowest BCUT2D eigenvalue weighted by molar-refractivity contribution is 0.311. The van der Waals surface area contributed by atoms with Gasteiger partial charge in [-0.3, -0.25) is 4.68 Å². The van der Waals surface area contributed by atoms with Crippen LogP contribution in [0.25, 0.3) is 0 Å². The van der Waals surface area contributed by atoms with Crippen molar-refractivity contribution in [2.24, 2.45) is 7.05 Å². The van der Waals surface area contributed by atoms with E-state index in [1.807, 2.05) is 14.0 Å². The van der Waals surface area contributed by atoms with Gasteiger partial charge in [0.25, 0.3) is 0 Å². The molecule has 1 fully saturated rings. The molecule has 0 radical (unpaired) electrons. The van der Waals surface area contributed by atoms with Crippen LogP contribution in [-0.2, 0) is 23.5 Å². The van der Waals surface area contributed by atoms with Gasteiger partial charge >= 0.3 is 0 Å². The quantitative estimate of drug-likeness (QED) is 0.802. The second-order valence-corrected chi connectivity index (χ2v) is 8.19. The Hall–Kier alpha value is -1.59. The summed E-state index contributed by atoms with van der Waals surface area (Å²) < 4.78 is 27.3. The molecule has 2 heterocycles. The van der Waals surface area contributed by atoms with E-state index in [0.29, 0.717) is 5.56 Å². The van der Waals surface area contributed by atoms with Crippen LogP contribution < -0.4 is 4.90 Å². The highest BCUT2D eigenvalue weighted by molar-refractivity contribution is 7.89. The van der Waals surface area contributed by atoms with E-state index in [0.717, 1.165) is 43.9 Å².